The smallest absolute Gasteiger partial charge is 0.250 e. The molecule has 1 amide bonds. The maximum absolute atomic E-state index is 13.0. The van der Waals surface area contributed by atoms with Crippen molar-refractivity contribution in [1.82, 2.24) is 14.4 Å². The van der Waals surface area contributed by atoms with Crippen molar-refractivity contribution >= 4 is 5.91 Å². The Bertz CT molecular complexity index is 832. The summed E-state index contributed by atoms with van der Waals surface area (Å²) in [7, 11) is 1.76. The molecular weight excluding hydrogens is 330 g/mol. The molecule has 1 saturated heterocycles. The summed E-state index contributed by atoms with van der Waals surface area (Å²) in [6, 6.07) is 5.62. The van der Waals surface area contributed by atoms with Crippen LogP contribution in [0.4, 0.5) is 0 Å². The highest BCUT2D eigenvalue weighted by atomic mass is 16.3. The van der Waals surface area contributed by atoms with Gasteiger partial charge >= 0.3 is 0 Å². The fourth-order valence-electron chi connectivity index (χ4n) is 4.05. The van der Waals surface area contributed by atoms with Gasteiger partial charge in [-0.2, -0.15) is 0 Å². The lowest BCUT2D eigenvalue weighted by Gasteiger charge is -2.36. The van der Waals surface area contributed by atoms with E-state index in [0.29, 0.717) is 13.1 Å². The first-order valence-corrected chi connectivity index (χ1v) is 9.32. The number of hydrogen-bond acceptors (Lipinski definition) is 4. The predicted octanol–water partition coefficient (Wildman–Crippen LogP) is 1.78. The van der Waals surface area contributed by atoms with Gasteiger partial charge in [-0.3, -0.25) is 14.5 Å². The third-order valence-electron chi connectivity index (χ3n) is 5.63. The van der Waals surface area contributed by atoms with E-state index >= 15 is 0 Å². The molecule has 6 heteroatoms. The van der Waals surface area contributed by atoms with Crippen LogP contribution in [0.2, 0.25) is 0 Å². The predicted molar refractivity (Wildman–Crippen MR) is 97.5 cm³/mol. The average Bonchev–Trinajstić information content (AvgIpc) is 3.15. The largest absolute Gasteiger partial charge is 0.468 e. The molecule has 0 atom stereocenters. The van der Waals surface area contributed by atoms with Gasteiger partial charge < -0.3 is 13.9 Å². The van der Waals surface area contributed by atoms with E-state index in [9.17, 15) is 9.59 Å². The Kier molecular flexibility index (Phi) is 4.68. The summed E-state index contributed by atoms with van der Waals surface area (Å²) in [6.45, 7) is 4.01. The van der Waals surface area contributed by atoms with E-state index in [-0.39, 0.29) is 17.4 Å². The Hall–Kier alpha value is -2.34. The van der Waals surface area contributed by atoms with Gasteiger partial charge in [0, 0.05) is 38.3 Å². The summed E-state index contributed by atoms with van der Waals surface area (Å²) in [5.41, 5.74) is 2.21. The van der Waals surface area contributed by atoms with Gasteiger partial charge in [0.15, 0.2) is 0 Å². The second-order valence-electron chi connectivity index (χ2n) is 7.41. The topological polar surface area (TPSA) is 58.7 Å². The summed E-state index contributed by atoms with van der Waals surface area (Å²) in [5.74, 6) is 1.35. The van der Waals surface area contributed by atoms with Gasteiger partial charge in [-0.25, -0.2) is 0 Å². The number of carbonyl (C=O) groups is 1. The number of furan rings is 1. The molecule has 26 heavy (non-hydrogen) atoms. The molecule has 0 N–H and O–H groups in total. The lowest BCUT2D eigenvalue weighted by atomic mass is 9.93. The zero-order chi connectivity index (χ0) is 18.1. The summed E-state index contributed by atoms with van der Waals surface area (Å²) in [4.78, 5) is 29.1. The van der Waals surface area contributed by atoms with E-state index in [2.05, 4.69) is 4.90 Å². The SMILES string of the molecule is Cn1cc2c(cc1=O)CCN(C(=O)C1CCN(Cc3ccco3)CC1)C2. The number of nitrogens with zero attached hydrogens (tertiary/aromatic N) is 3. The number of fused-ring (bicyclic) bond motifs is 1. The van der Waals surface area contributed by atoms with Gasteiger partial charge in [0.1, 0.15) is 5.76 Å². The molecule has 0 radical (unpaired) electrons. The first-order valence-electron chi connectivity index (χ1n) is 9.32. The minimum atomic E-state index is 0.0208. The number of aromatic nitrogens is 1. The Morgan fingerprint density at radius 3 is 2.77 bits per heavy atom. The fraction of sp³-hybridized carbons (Fsp3) is 0.500. The number of carbonyl (C=O) groups excluding carboxylic acids is 1. The Balaban J connectivity index is 1.35. The number of amides is 1. The first-order chi connectivity index (χ1) is 12.6. The van der Waals surface area contributed by atoms with Crippen LogP contribution in [0.1, 0.15) is 29.7 Å². The van der Waals surface area contributed by atoms with Gasteiger partial charge in [0.2, 0.25) is 5.91 Å². The zero-order valence-corrected chi connectivity index (χ0v) is 15.2. The number of piperidine rings is 1. The molecule has 0 unspecified atom stereocenters. The molecule has 2 aliphatic heterocycles. The molecule has 4 heterocycles. The molecule has 0 bridgehead atoms. The van der Waals surface area contributed by atoms with Crippen LogP contribution in [0.5, 0.6) is 0 Å². The van der Waals surface area contributed by atoms with Crippen molar-refractivity contribution in [1.29, 1.82) is 0 Å². The average molecular weight is 355 g/mol. The highest BCUT2D eigenvalue weighted by Gasteiger charge is 2.30. The van der Waals surface area contributed by atoms with Crippen molar-refractivity contribution in [3.63, 3.8) is 0 Å². The van der Waals surface area contributed by atoms with Crippen LogP contribution in [0.3, 0.4) is 0 Å². The lowest BCUT2D eigenvalue weighted by Crippen LogP contribution is -2.44. The molecule has 6 nitrogen and oxygen atoms in total. The molecule has 1 fully saturated rings. The van der Waals surface area contributed by atoms with Crippen molar-refractivity contribution in [2.45, 2.75) is 32.4 Å². The summed E-state index contributed by atoms with van der Waals surface area (Å²) >= 11 is 0. The maximum Gasteiger partial charge on any atom is 0.250 e. The number of aryl methyl sites for hydroxylation is 1. The number of rotatable bonds is 3. The molecule has 2 aromatic heterocycles. The Morgan fingerprint density at radius 2 is 2.04 bits per heavy atom. The standard InChI is InChI=1S/C20H25N3O3/c1-21-12-17-13-23(9-6-16(17)11-19(21)24)20(25)15-4-7-22(8-5-15)14-18-3-2-10-26-18/h2-3,10-12,15H,4-9,13-14H2,1H3. The molecule has 0 aromatic carbocycles. The second kappa shape index (κ2) is 7.11. The van der Waals surface area contributed by atoms with Crippen molar-refractivity contribution in [3.8, 4) is 0 Å². The number of pyridine rings is 1. The van der Waals surface area contributed by atoms with E-state index in [1.807, 2.05) is 23.2 Å². The van der Waals surface area contributed by atoms with Gasteiger partial charge in [-0.1, -0.05) is 0 Å². The quantitative estimate of drug-likeness (QED) is 0.842. The number of likely N-dealkylation sites (tertiary alicyclic amines) is 1. The number of hydrogen-bond donors (Lipinski definition) is 0. The Labute approximate surface area is 153 Å². The molecule has 0 aliphatic carbocycles. The van der Waals surface area contributed by atoms with Gasteiger partial charge in [0.25, 0.3) is 5.56 Å². The maximum atomic E-state index is 13.0. The van der Waals surface area contributed by atoms with Crippen LogP contribution in [0.15, 0.2) is 39.9 Å². The van der Waals surface area contributed by atoms with Crippen LogP contribution in [-0.2, 0) is 31.4 Å². The summed E-state index contributed by atoms with van der Waals surface area (Å²) < 4.78 is 7.01. The molecule has 4 rings (SSSR count). The molecular formula is C20H25N3O3. The van der Waals surface area contributed by atoms with E-state index < -0.39 is 0 Å². The third-order valence-corrected chi connectivity index (χ3v) is 5.63. The van der Waals surface area contributed by atoms with Gasteiger partial charge in [-0.15, -0.1) is 0 Å². The monoisotopic (exact) mass is 355 g/mol. The minimum absolute atomic E-state index is 0.0208. The Morgan fingerprint density at radius 1 is 1.23 bits per heavy atom. The minimum Gasteiger partial charge on any atom is -0.468 e. The molecule has 0 spiro atoms. The van der Waals surface area contributed by atoms with Crippen molar-refractivity contribution in [2.75, 3.05) is 19.6 Å². The van der Waals surface area contributed by atoms with Crippen LogP contribution in [0, 0.1) is 5.92 Å². The third kappa shape index (κ3) is 3.46. The first kappa shape index (κ1) is 17.1. The fourth-order valence-corrected chi connectivity index (χ4v) is 4.05. The van der Waals surface area contributed by atoms with Crippen LogP contribution < -0.4 is 5.56 Å². The summed E-state index contributed by atoms with van der Waals surface area (Å²) in [5, 5.41) is 0. The van der Waals surface area contributed by atoms with Gasteiger partial charge in [0.05, 0.1) is 12.8 Å². The highest BCUT2D eigenvalue weighted by molar-refractivity contribution is 5.79. The lowest BCUT2D eigenvalue weighted by molar-refractivity contribution is -0.138. The zero-order valence-electron chi connectivity index (χ0n) is 15.2. The molecule has 2 aromatic rings. The van der Waals surface area contributed by atoms with Crippen molar-refractivity contribution in [2.24, 2.45) is 13.0 Å². The molecule has 0 saturated carbocycles. The van der Waals surface area contributed by atoms with E-state index in [1.54, 1.807) is 23.9 Å². The second-order valence-corrected chi connectivity index (χ2v) is 7.41. The van der Waals surface area contributed by atoms with Gasteiger partial charge in [-0.05, 0) is 55.6 Å². The summed E-state index contributed by atoms with van der Waals surface area (Å²) in [6.07, 6.45) is 6.15. The van der Waals surface area contributed by atoms with Crippen molar-refractivity contribution < 1.29 is 9.21 Å². The highest BCUT2D eigenvalue weighted by Crippen LogP contribution is 2.24. The van der Waals surface area contributed by atoms with Crippen molar-refractivity contribution in [3.05, 3.63) is 57.9 Å². The van der Waals surface area contributed by atoms with Crippen LogP contribution >= 0.6 is 0 Å². The molecule has 2 aliphatic rings. The van der Waals surface area contributed by atoms with Crippen LogP contribution in [0.25, 0.3) is 0 Å². The normalized spacial score (nSPS) is 18.7. The van der Waals surface area contributed by atoms with E-state index in [0.717, 1.165) is 55.8 Å². The van der Waals surface area contributed by atoms with Crippen LogP contribution in [-0.4, -0.2) is 39.9 Å². The van der Waals surface area contributed by atoms with E-state index in [4.69, 9.17) is 4.42 Å². The van der Waals surface area contributed by atoms with E-state index in [1.165, 1.54) is 0 Å². The molecule has 138 valence electrons.